The minimum atomic E-state index is 0.607. The van der Waals surface area contributed by atoms with Crippen LogP contribution in [0.15, 0.2) is 46.9 Å². The Labute approximate surface area is 88.3 Å². The average molecular weight is 200 g/mol. The van der Waals surface area contributed by atoms with Crippen LogP contribution in [0.25, 0.3) is 0 Å². The zero-order valence-corrected chi connectivity index (χ0v) is 8.75. The molecule has 1 heterocycles. The Balaban J connectivity index is 2.19. The van der Waals surface area contributed by atoms with Crippen LogP contribution in [0.2, 0.25) is 0 Å². The molecule has 0 saturated heterocycles. The van der Waals surface area contributed by atoms with E-state index in [1.165, 1.54) is 5.56 Å². The van der Waals surface area contributed by atoms with Gasteiger partial charge in [0.15, 0.2) is 0 Å². The fraction of sp³-hybridized carbons (Fsp3) is 0.182. The largest absolute Gasteiger partial charge is 0.317 e. The standard InChI is InChI=1S/C11H12N4/c1-9-3-5-10(6-4-9)13-14-11-12-7-8-15(11)2/h3-8H,1-2H3. The van der Waals surface area contributed by atoms with Crippen molar-refractivity contribution in [2.75, 3.05) is 0 Å². The zero-order valence-electron chi connectivity index (χ0n) is 8.75. The van der Waals surface area contributed by atoms with E-state index in [4.69, 9.17) is 0 Å². The topological polar surface area (TPSA) is 42.5 Å². The van der Waals surface area contributed by atoms with Crippen LogP contribution in [0.5, 0.6) is 0 Å². The monoisotopic (exact) mass is 200 g/mol. The van der Waals surface area contributed by atoms with Gasteiger partial charge in [0.2, 0.25) is 5.95 Å². The summed E-state index contributed by atoms with van der Waals surface area (Å²) in [6.45, 7) is 2.04. The maximum Gasteiger partial charge on any atom is 0.249 e. The summed E-state index contributed by atoms with van der Waals surface area (Å²) in [6.07, 6.45) is 3.53. The molecule has 0 aliphatic carbocycles. The van der Waals surface area contributed by atoms with Gasteiger partial charge in [-0.3, -0.25) is 0 Å². The molecule has 4 heteroatoms. The van der Waals surface area contributed by atoms with Gasteiger partial charge in [-0.2, -0.15) is 0 Å². The van der Waals surface area contributed by atoms with Gasteiger partial charge in [0.1, 0.15) is 0 Å². The van der Waals surface area contributed by atoms with Crippen molar-refractivity contribution in [3.8, 4) is 0 Å². The van der Waals surface area contributed by atoms with E-state index < -0.39 is 0 Å². The van der Waals surface area contributed by atoms with Gasteiger partial charge in [-0.05, 0) is 19.1 Å². The molecule has 1 aromatic carbocycles. The Morgan fingerprint density at radius 3 is 2.47 bits per heavy atom. The van der Waals surface area contributed by atoms with E-state index in [-0.39, 0.29) is 0 Å². The van der Waals surface area contributed by atoms with Gasteiger partial charge < -0.3 is 4.57 Å². The predicted molar refractivity (Wildman–Crippen MR) is 58.6 cm³/mol. The molecule has 76 valence electrons. The molecule has 0 atom stereocenters. The van der Waals surface area contributed by atoms with E-state index in [1.54, 1.807) is 6.20 Å². The van der Waals surface area contributed by atoms with Crippen LogP contribution >= 0.6 is 0 Å². The molecule has 0 radical (unpaired) electrons. The van der Waals surface area contributed by atoms with E-state index in [0.717, 1.165) is 5.69 Å². The highest BCUT2D eigenvalue weighted by molar-refractivity contribution is 5.38. The van der Waals surface area contributed by atoms with E-state index in [2.05, 4.69) is 15.2 Å². The van der Waals surface area contributed by atoms with Gasteiger partial charge in [0, 0.05) is 19.4 Å². The van der Waals surface area contributed by atoms with E-state index in [9.17, 15) is 0 Å². The quantitative estimate of drug-likeness (QED) is 0.686. The normalized spacial score (nSPS) is 11.1. The molecule has 0 N–H and O–H groups in total. The summed E-state index contributed by atoms with van der Waals surface area (Å²) in [6, 6.07) is 7.88. The first-order valence-electron chi connectivity index (χ1n) is 4.71. The molecule has 2 aromatic rings. The van der Waals surface area contributed by atoms with Crippen LogP contribution in [0.4, 0.5) is 11.6 Å². The fourth-order valence-corrected chi connectivity index (χ4v) is 1.17. The smallest absolute Gasteiger partial charge is 0.249 e. The SMILES string of the molecule is Cc1ccc(N=Nc2nccn2C)cc1. The molecule has 15 heavy (non-hydrogen) atoms. The number of aromatic nitrogens is 2. The minimum absolute atomic E-state index is 0.607. The van der Waals surface area contributed by atoms with E-state index in [0.29, 0.717) is 5.95 Å². The van der Waals surface area contributed by atoms with Gasteiger partial charge in [0.05, 0.1) is 5.69 Å². The summed E-state index contributed by atoms with van der Waals surface area (Å²) in [4.78, 5) is 4.05. The highest BCUT2D eigenvalue weighted by Gasteiger charge is 1.94. The van der Waals surface area contributed by atoms with Crippen molar-refractivity contribution in [1.29, 1.82) is 0 Å². The third-order valence-corrected chi connectivity index (χ3v) is 2.08. The Kier molecular flexibility index (Phi) is 2.58. The van der Waals surface area contributed by atoms with Crippen LogP contribution in [0, 0.1) is 6.92 Å². The van der Waals surface area contributed by atoms with Gasteiger partial charge in [-0.25, -0.2) is 4.98 Å². The number of hydrogen-bond acceptors (Lipinski definition) is 3. The first kappa shape index (κ1) is 9.58. The average Bonchev–Trinajstić information content (AvgIpc) is 2.63. The first-order valence-corrected chi connectivity index (χ1v) is 4.71. The van der Waals surface area contributed by atoms with Gasteiger partial charge in [-0.15, -0.1) is 10.2 Å². The number of nitrogens with zero attached hydrogens (tertiary/aromatic N) is 4. The number of imidazole rings is 1. The number of hydrogen-bond donors (Lipinski definition) is 0. The number of benzene rings is 1. The van der Waals surface area contributed by atoms with Crippen LogP contribution < -0.4 is 0 Å². The lowest BCUT2D eigenvalue weighted by Crippen LogP contribution is -1.81. The summed E-state index contributed by atoms with van der Waals surface area (Å²) >= 11 is 0. The summed E-state index contributed by atoms with van der Waals surface area (Å²) in [5, 5.41) is 8.13. The lowest BCUT2D eigenvalue weighted by molar-refractivity contribution is 0.893. The van der Waals surface area contributed by atoms with Crippen LogP contribution in [-0.4, -0.2) is 9.55 Å². The van der Waals surface area contributed by atoms with Gasteiger partial charge in [0.25, 0.3) is 0 Å². The second kappa shape index (κ2) is 4.04. The van der Waals surface area contributed by atoms with Crippen molar-refractivity contribution >= 4 is 11.6 Å². The van der Waals surface area contributed by atoms with Crippen molar-refractivity contribution in [3.05, 3.63) is 42.2 Å². The third-order valence-electron chi connectivity index (χ3n) is 2.08. The predicted octanol–water partition coefficient (Wildman–Crippen LogP) is 3.14. The van der Waals surface area contributed by atoms with Crippen LogP contribution in [0.1, 0.15) is 5.56 Å². The molecule has 0 aliphatic rings. The lowest BCUT2D eigenvalue weighted by Gasteiger charge is -1.94. The summed E-state index contributed by atoms with van der Waals surface area (Å²) < 4.78 is 1.82. The molecule has 0 spiro atoms. The maximum absolute atomic E-state index is 4.09. The second-order valence-electron chi connectivity index (χ2n) is 3.37. The minimum Gasteiger partial charge on any atom is -0.317 e. The molecule has 0 unspecified atom stereocenters. The van der Waals surface area contributed by atoms with Gasteiger partial charge >= 0.3 is 0 Å². The van der Waals surface area contributed by atoms with E-state index in [1.807, 2.05) is 49.0 Å². The molecule has 0 amide bonds. The molecular weight excluding hydrogens is 188 g/mol. The molecule has 0 fully saturated rings. The first-order chi connectivity index (χ1) is 7.25. The molecule has 2 rings (SSSR count). The third kappa shape index (κ3) is 2.28. The Morgan fingerprint density at radius 1 is 1.13 bits per heavy atom. The molecular formula is C11H12N4. The number of rotatable bonds is 2. The van der Waals surface area contributed by atoms with Crippen molar-refractivity contribution in [3.63, 3.8) is 0 Å². The van der Waals surface area contributed by atoms with Crippen molar-refractivity contribution in [2.45, 2.75) is 6.92 Å². The Bertz CT molecular complexity index is 468. The van der Waals surface area contributed by atoms with Crippen molar-refractivity contribution in [2.24, 2.45) is 17.3 Å². The molecule has 0 bridgehead atoms. The van der Waals surface area contributed by atoms with Crippen LogP contribution in [-0.2, 0) is 7.05 Å². The molecule has 1 aromatic heterocycles. The fourth-order valence-electron chi connectivity index (χ4n) is 1.17. The van der Waals surface area contributed by atoms with Crippen LogP contribution in [0.3, 0.4) is 0 Å². The van der Waals surface area contributed by atoms with Crippen molar-refractivity contribution < 1.29 is 0 Å². The van der Waals surface area contributed by atoms with Crippen molar-refractivity contribution in [1.82, 2.24) is 9.55 Å². The molecule has 4 nitrogen and oxygen atoms in total. The van der Waals surface area contributed by atoms with E-state index >= 15 is 0 Å². The number of azo groups is 1. The zero-order chi connectivity index (χ0) is 10.7. The Hall–Kier alpha value is -1.97. The lowest BCUT2D eigenvalue weighted by atomic mass is 10.2. The number of aryl methyl sites for hydroxylation is 2. The highest BCUT2D eigenvalue weighted by atomic mass is 15.2. The van der Waals surface area contributed by atoms with Gasteiger partial charge in [-0.1, -0.05) is 17.7 Å². The molecule has 0 aliphatic heterocycles. The summed E-state index contributed by atoms with van der Waals surface area (Å²) in [5.74, 6) is 0.607. The second-order valence-corrected chi connectivity index (χ2v) is 3.37. The summed E-state index contributed by atoms with van der Waals surface area (Å²) in [5.41, 5.74) is 2.05. The molecule has 0 saturated carbocycles. The maximum atomic E-state index is 4.09. The Morgan fingerprint density at radius 2 is 1.87 bits per heavy atom. The summed E-state index contributed by atoms with van der Waals surface area (Å²) in [7, 11) is 1.89. The highest BCUT2D eigenvalue weighted by Crippen LogP contribution is 2.16.